The molecule has 1 heterocycles. The van der Waals surface area contributed by atoms with Crippen LogP contribution in [-0.2, 0) is 9.59 Å². The van der Waals surface area contributed by atoms with Crippen LogP contribution in [-0.4, -0.2) is 27.9 Å². The number of nitrogens with zero attached hydrogens (tertiary/aromatic N) is 1. The van der Waals surface area contributed by atoms with E-state index in [-0.39, 0.29) is 24.7 Å². The fourth-order valence-electron chi connectivity index (χ4n) is 3.01. The Labute approximate surface area is 177 Å². The number of nitrogens with one attached hydrogen (secondary N) is 3. The number of anilines is 2. The van der Waals surface area contributed by atoms with Crippen LogP contribution in [0.1, 0.15) is 24.3 Å². The highest BCUT2D eigenvalue weighted by atomic mass is 32.1. The second-order valence-electron chi connectivity index (χ2n) is 6.62. The van der Waals surface area contributed by atoms with Crippen LogP contribution in [0, 0.1) is 5.41 Å². The molecule has 1 amide bonds. The minimum absolute atomic E-state index is 0.0594. The molecule has 1 unspecified atom stereocenters. The van der Waals surface area contributed by atoms with E-state index >= 15 is 0 Å². The fourth-order valence-corrected chi connectivity index (χ4v) is 3.75. The number of carbonyl (C=O) groups excluding carboxylic acids is 1. The third-order valence-electron chi connectivity index (χ3n) is 4.31. The van der Waals surface area contributed by atoms with E-state index in [1.807, 2.05) is 41.8 Å². The molecule has 0 aliphatic carbocycles. The van der Waals surface area contributed by atoms with Gasteiger partial charge in [0.05, 0.1) is 12.1 Å². The average Bonchev–Trinajstić information content (AvgIpc) is 3.16. The molecule has 154 valence electrons. The molecule has 30 heavy (non-hydrogen) atoms. The number of nitrogens with two attached hydrogens (primary N) is 1. The first-order valence-corrected chi connectivity index (χ1v) is 10.0. The van der Waals surface area contributed by atoms with Crippen LogP contribution in [0.5, 0.6) is 0 Å². The number of carbonyl (C=O) groups is 2. The van der Waals surface area contributed by atoms with E-state index in [0.717, 1.165) is 11.1 Å². The number of thiazole rings is 1. The summed E-state index contributed by atoms with van der Waals surface area (Å²) in [5.74, 6) is -1.81. The van der Waals surface area contributed by atoms with Crippen molar-refractivity contribution in [2.24, 2.45) is 5.73 Å². The van der Waals surface area contributed by atoms with Crippen molar-refractivity contribution in [3.05, 3.63) is 65.5 Å². The van der Waals surface area contributed by atoms with Crippen LogP contribution in [0.4, 0.5) is 10.8 Å². The maximum Gasteiger partial charge on any atom is 0.303 e. The molecular weight excluding hydrogens is 402 g/mol. The standard InChI is InChI=1S/C21H21N5O3S/c22-20(23)26-21-25-17(12-30-21)14-7-4-8-16(9-14)24-18(27)10-15(11-19(28)29)13-5-2-1-3-6-13/h1-9,12,15H,10-11H2,(H,24,27)(H,28,29)(H4,22,23,25,26). The number of aromatic nitrogens is 1. The summed E-state index contributed by atoms with van der Waals surface area (Å²) in [5, 5.41) is 24.3. The minimum Gasteiger partial charge on any atom is -0.481 e. The van der Waals surface area contributed by atoms with Crippen LogP contribution in [0.3, 0.4) is 0 Å². The van der Waals surface area contributed by atoms with E-state index in [9.17, 15) is 14.7 Å². The monoisotopic (exact) mass is 423 g/mol. The maximum atomic E-state index is 12.6. The molecular formula is C21H21N5O3S. The second kappa shape index (κ2) is 9.66. The summed E-state index contributed by atoms with van der Waals surface area (Å²) < 4.78 is 0. The molecule has 2 aromatic carbocycles. The Hall–Kier alpha value is -3.72. The van der Waals surface area contributed by atoms with Crippen LogP contribution >= 0.6 is 11.3 Å². The minimum atomic E-state index is -0.947. The second-order valence-corrected chi connectivity index (χ2v) is 7.47. The van der Waals surface area contributed by atoms with Gasteiger partial charge in [0.2, 0.25) is 5.91 Å². The van der Waals surface area contributed by atoms with Gasteiger partial charge in [-0.2, -0.15) is 0 Å². The van der Waals surface area contributed by atoms with Gasteiger partial charge in [-0.3, -0.25) is 15.0 Å². The predicted molar refractivity (Wildman–Crippen MR) is 118 cm³/mol. The summed E-state index contributed by atoms with van der Waals surface area (Å²) in [6.45, 7) is 0. The molecule has 0 aliphatic rings. The molecule has 1 aromatic heterocycles. The largest absolute Gasteiger partial charge is 0.481 e. The highest BCUT2D eigenvalue weighted by Crippen LogP contribution is 2.28. The molecule has 9 heteroatoms. The van der Waals surface area contributed by atoms with Crippen molar-refractivity contribution < 1.29 is 14.7 Å². The molecule has 0 fully saturated rings. The Bertz CT molecular complexity index is 1050. The van der Waals surface area contributed by atoms with Crippen molar-refractivity contribution in [2.45, 2.75) is 18.8 Å². The third-order valence-corrected chi connectivity index (χ3v) is 5.07. The summed E-state index contributed by atoms with van der Waals surface area (Å²) in [4.78, 5) is 28.2. The van der Waals surface area contributed by atoms with Crippen molar-refractivity contribution in [2.75, 3.05) is 10.6 Å². The zero-order chi connectivity index (χ0) is 21.5. The molecule has 0 saturated heterocycles. The third kappa shape index (κ3) is 5.89. The first-order valence-electron chi connectivity index (χ1n) is 9.14. The Balaban J connectivity index is 1.70. The van der Waals surface area contributed by atoms with E-state index in [0.29, 0.717) is 16.5 Å². The number of benzene rings is 2. The Morgan fingerprint density at radius 2 is 1.87 bits per heavy atom. The number of carboxylic acid groups (broad SMARTS) is 1. The normalized spacial score (nSPS) is 11.5. The first kappa shape index (κ1) is 21.0. The first-order chi connectivity index (χ1) is 14.4. The molecule has 6 N–H and O–H groups in total. The number of hydrogen-bond acceptors (Lipinski definition) is 5. The summed E-state index contributed by atoms with van der Waals surface area (Å²) >= 11 is 1.32. The lowest BCUT2D eigenvalue weighted by atomic mass is 9.92. The predicted octanol–water partition coefficient (Wildman–Crippen LogP) is 3.70. The average molecular weight is 423 g/mol. The topological polar surface area (TPSA) is 141 Å². The molecule has 0 saturated carbocycles. The zero-order valence-corrected chi connectivity index (χ0v) is 16.8. The lowest BCUT2D eigenvalue weighted by molar-refractivity contribution is -0.137. The number of amides is 1. The molecule has 3 rings (SSSR count). The zero-order valence-electron chi connectivity index (χ0n) is 16.0. The maximum absolute atomic E-state index is 12.6. The van der Waals surface area contributed by atoms with Crippen molar-refractivity contribution >= 4 is 40.0 Å². The molecule has 3 aromatic rings. The van der Waals surface area contributed by atoms with Crippen molar-refractivity contribution in [3.63, 3.8) is 0 Å². The molecule has 1 atom stereocenters. The molecule has 8 nitrogen and oxygen atoms in total. The summed E-state index contributed by atoms with van der Waals surface area (Å²) in [6.07, 6.45) is -0.0633. The molecule has 0 bridgehead atoms. The smallest absolute Gasteiger partial charge is 0.303 e. The van der Waals surface area contributed by atoms with Gasteiger partial charge in [0, 0.05) is 29.0 Å². The van der Waals surface area contributed by atoms with Crippen LogP contribution < -0.4 is 16.4 Å². The van der Waals surface area contributed by atoms with E-state index in [4.69, 9.17) is 11.1 Å². The number of hydrogen-bond donors (Lipinski definition) is 5. The Kier molecular flexibility index (Phi) is 6.76. The molecule has 0 radical (unpaired) electrons. The Morgan fingerprint density at radius 1 is 1.10 bits per heavy atom. The number of rotatable bonds is 8. The van der Waals surface area contributed by atoms with E-state index in [1.54, 1.807) is 18.2 Å². The number of aliphatic carboxylic acids is 1. The quantitative estimate of drug-likeness (QED) is 0.276. The van der Waals surface area contributed by atoms with E-state index < -0.39 is 11.9 Å². The molecule has 0 spiro atoms. The Morgan fingerprint density at radius 3 is 2.57 bits per heavy atom. The SMILES string of the molecule is N=C(N)Nc1nc(-c2cccc(NC(=O)CC(CC(=O)O)c3ccccc3)c2)cs1. The van der Waals surface area contributed by atoms with Gasteiger partial charge in [-0.1, -0.05) is 42.5 Å². The summed E-state index contributed by atoms with van der Waals surface area (Å²) in [7, 11) is 0. The van der Waals surface area contributed by atoms with Gasteiger partial charge in [-0.05, 0) is 17.7 Å². The van der Waals surface area contributed by atoms with Gasteiger partial charge < -0.3 is 21.5 Å². The van der Waals surface area contributed by atoms with Crippen LogP contribution in [0.25, 0.3) is 11.3 Å². The van der Waals surface area contributed by atoms with Gasteiger partial charge in [-0.15, -0.1) is 11.3 Å². The van der Waals surface area contributed by atoms with Gasteiger partial charge in [-0.25, -0.2) is 4.98 Å². The lowest BCUT2D eigenvalue weighted by Gasteiger charge is -2.15. The number of guanidine groups is 1. The van der Waals surface area contributed by atoms with E-state index in [1.165, 1.54) is 11.3 Å². The van der Waals surface area contributed by atoms with Crippen molar-refractivity contribution in [1.82, 2.24) is 4.98 Å². The van der Waals surface area contributed by atoms with Crippen molar-refractivity contribution in [1.29, 1.82) is 5.41 Å². The van der Waals surface area contributed by atoms with E-state index in [2.05, 4.69) is 15.6 Å². The molecule has 0 aliphatic heterocycles. The van der Waals surface area contributed by atoms with Gasteiger partial charge in [0.15, 0.2) is 11.1 Å². The van der Waals surface area contributed by atoms with Gasteiger partial charge in [0.1, 0.15) is 0 Å². The number of carboxylic acids is 1. The van der Waals surface area contributed by atoms with Crippen molar-refractivity contribution in [3.8, 4) is 11.3 Å². The highest BCUT2D eigenvalue weighted by molar-refractivity contribution is 7.14. The van der Waals surface area contributed by atoms with Gasteiger partial charge in [0.25, 0.3) is 0 Å². The lowest BCUT2D eigenvalue weighted by Crippen LogP contribution is -2.20. The van der Waals surface area contributed by atoms with Crippen LogP contribution in [0.2, 0.25) is 0 Å². The summed E-state index contributed by atoms with van der Waals surface area (Å²) in [5.41, 5.74) is 8.21. The fraction of sp³-hybridized carbons (Fsp3) is 0.143. The summed E-state index contributed by atoms with van der Waals surface area (Å²) in [6, 6.07) is 16.4. The van der Waals surface area contributed by atoms with Gasteiger partial charge >= 0.3 is 5.97 Å². The highest BCUT2D eigenvalue weighted by Gasteiger charge is 2.19. The van der Waals surface area contributed by atoms with Crippen LogP contribution in [0.15, 0.2) is 60.0 Å².